The van der Waals surface area contributed by atoms with Crippen molar-refractivity contribution in [2.24, 2.45) is 0 Å². The van der Waals surface area contributed by atoms with Crippen LogP contribution in [0.15, 0.2) is 30.3 Å². The molecule has 2 N–H and O–H groups in total. The van der Waals surface area contributed by atoms with Crippen molar-refractivity contribution in [3.05, 3.63) is 56.8 Å². The lowest BCUT2D eigenvalue weighted by atomic mass is 10.1. The van der Waals surface area contributed by atoms with Crippen LogP contribution in [0.1, 0.15) is 26.4 Å². The zero-order chi connectivity index (χ0) is 15.5. The van der Waals surface area contributed by atoms with Crippen LogP contribution in [0, 0.1) is 13.8 Å². The molecule has 2 aromatic rings. The molecule has 0 spiro atoms. The Kier molecular flexibility index (Phi) is 5.16. The minimum atomic E-state index is -3.39. The SMILES string of the molecule is Cc1cc(CNS(=O)(=O)Cc2cccc(CO)c2)sc1C. The monoisotopic (exact) mass is 325 g/mol. The van der Waals surface area contributed by atoms with Crippen LogP contribution in [-0.4, -0.2) is 13.5 Å². The molecular weight excluding hydrogens is 306 g/mol. The van der Waals surface area contributed by atoms with E-state index in [1.165, 1.54) is 10.4 Å². The molecule has 0 saturated heterocycles. The molecule has 0 amide bonds. The zero-order valence-electron chi connectivity index (χ0n) is 12.1. The Morgan fingerprint density at radius 1 is 1.19 bits per heavy atom. The van der Waals surface area contributed by atoms with E-state index in [-0.39, 0.29) is 12.4 Å². The van der Waals surface area contributed by atoms with Gasteiger partial charge in [0.25, 0.3) is 0 Å². The molecular formula is C15H19NO3S2. The molecule has 1 aromatic carbocycles. The molecule has 0 aliphatic rings. The minimum absolute atomic E-state index is 0.0792. The smallest absolute Gasteiger partial charge is 0.216 e. The van der Waals surface area contributed by atoms with Crippen LogP contribution in [-0.2, 0) is 28.9 Å². The Hall–Kier alpha value is -1.21. The van der Waals surface area contributed by atoms with E-state index in [9.17, 15) is 8.42 Å². The van der Waals surface area contributed by atoms with Crippen LogP contribution >= 0.6 is 11.3 Å². The van der Waals surface area contributed by atoms with Gasteiger partial charge in [0.1, 0.15) is 0 Å². The van der Waals surface area contributed by atoms with E-state index in [2.05, 4.69) is 4.72 Å². The van der Waals surface area contributed by atoms with Crippen molar-refractivity contribution in [2.75, 3.05) is 0 Å². The summed E-state index contributed by atoms with van der Waals surface area (Å²) in [7, 11) is -3.39. The maximum Gasteiger partial charge on any atom is 0.216 e. The normalized spacial score (nSPS) is 11.8. The van der Waals surface area contributed by atoms with Crippen molar-refractivity contribution >= 4 is 21.4 Å². The van der Waals surface area contributed by atoms with Gasteiger partial charge in [0.15, 0.2) is 0 Å². The molecule has 1 aromatic heterocycles. The highest BCUT2D eigenvalue weighted by Gasteiger charge is 2.12. The van der Waals surface area contributed by atoms with Crippen molar-refractivity contribution in [1.29, 1.82) is 0 Å². The average molecular weight is 325 g/mol. The standard InChI is InChI=1S/C15H19NO3S2/c1-11-6-15(20-12(11)2)8-16-21(18,19)10-14-5-3-4-13(7-14)9-17/h3-7,16-17H,8-10H2,1-2H3. The summed E-state index contributed by atoms with van der Waals surface area (Å²) in [5, 5.41) is 9.08. The summed E-state index contributed by atoms with van der Waals surface area (Å²) in [6.45, 7) is 4.28. The first-order chi connectivity index (χ1) is 9.89. The van der Waals surface area contributed by atoms with Gasteiger partial charge in [0, 0.05) is 16.3 Å². The number of thiophene rings is 1. The quantitative estimate of drug-likeness (QED) is 0.857. The summed E-state index contributed by atoms with van der Waals surface area (Å²) in [6.07, 6.45) is 0. The summed E-state index contributed by atoms with van der Waals surface area (Å²) >= 11 is 1.61. The van der Waals surface area contributed by atoms with Crippen LogP contribution in [0.3, 0.4) is 0 Å². The second kappa shape index (κ2) is 6.70. The van der Waals surface area contributed by atoms with Crippen molar-refractivity contribution < 1.29 is 13.5 Å². The Labute approximate surface area is 129 Å². The number of benzene rings is 1. The van der Waals surface area contributed by atoms with E-state index in [0.29, 0.717) is 17.7 Å². The molecule has 0 bridgehead atoms. The second-order valence-corrected chi connectivity index (χ2v) is 8.16. The Morgan fingerprint density at radius 3 is 2.52 bits per heavy atom. The van der Waals surface area contributed by atoms with Crippen LogP contribution in [0.2, 0.25) is 0 Å². The van der Waals surface area contributed by atoms with Crippen molar-refractivity contribution in [3.8, 4) is 0 Å². The van der Waals surface area contributed by atoms with Gasteiger partial charge in [-0.3, -0.25) is 0 Å². The highest BCUT2D eigenvalue weighted by molar-refractivity contribution is 7.88. The second-order valence-electron chi connectivity index (χ2n) is 5.01. The number of rotatable bonds is 6. The summed E-state index contributed by atoms with van der Waals surface area (Å²) in [5.41, 5.74) is 2.57. The molecule has 0 fully saturated rings. The number of aryl methyl sites for hydroxylation is 2. The fourth-order valence-corrected chi connectivity index (χ4v) is 4.19. The summed E-state index contributed by atoms with van der Waals surface area (Å²) in [5.74, 6) is -0.0792. The third-order valence-electron chi connectivity index (χ3n) is 3.21. The Morgan fingerprint density at radius 2 is 1.90 bits per heavy atom. The van der Waals surface area contributed by atoms with E-state index in [0.717, 1.165) is 4.88 Å². The molecule has 2 rings (SSSR count). The van der Waals surface area contributed by atoms with Crippen LogP contribution in [0.25, 0.3) is 0 Å². The van der Waals surface area contributed by atoms with E-state index in [1.807, 2.05) is 19.9 Å². The molecule has 0 unspecified atom stereocenters. The topological polar surface area (TPSA) is 66.4 Å². The van der Waals surface area contributed by atoms with Crippen molar-refractivity contribution in [2.45, 2.75) is 32.8 Å². The predicted molar refractivity (Wildman–Crippen MR) is 85.6 cm³/mol. The maximum absolute atomic E-state index is 12.1. The largest absolute Gasteiger partial charge is 0.392 e. The molecule has 0 aliphatic carbocycles. The third-order valence-corrected chi connectivity index (χ3v) is 5.66. The van der Waals surface area contributed by atoms with Gasteiger partial charge in [-0.15, -0.1) is 11.3 Å². The van der Waals surface area contributed by atoms with Crippen LogP contribution in [0.5, 0.6) is 0 Å². The molecule has 0 atom stereocenters. The average Bonchev–Trinajstić information content (AvgIpc) is 2.76. The zero-order valence-corrected chi connectivity index (χ0v) is 13.7. The summed E-state index contributed by atoms with van der Waals surface area (Å²) < 4.78 is 26.8. The fraction of sp³-hybridized carbons (Fsp3) is 0.333. The first-order valence-corrected chi connectivity index (χ1v) is 9.08. The molecule has 6 heteroatoms. The first-order valence-electron chi connectivity index (χ1n) is 6.61. The van der Waals surface area contributed by atoms with E-state index >= 15 is 0 Å². The Balaban J connectivity index is 2.01. The lowest BCUT2D eigenvalue weighted by Gasteiger charge is -2.07. The van der Waals surface area contributed by atoms with Gasteiger partial charge in [-0.05, 0) is 36.6 Å². The molecule has 0 saturated carbocycles. The third kappa shape index (κ3) is 4.64. The van der Waals surface area contributed by atoms with Gasteiger partial charge < -0.3 is 5.11 Å². The fourth-order valence-electron chi connectivity index (χ4n) is 2.01. The molecule has 1 heterocycles. The maximum atomic E-state index is 12.1. The van der Waals surface area contributed by atoms with Gasteiger partial charge in [0.2, 0.25) is 10.0 Å². The van der Waals surface area contributed by atoms with Gasteiger partial charge in [-0.2, -0.15) is 0 Å². The van der Waals surface area contributed by atoms with Crippen LogP contribution in [0.4, 0.5) is 0 Å². The number of aliphatic hydroxyl groups excluding tert-OH is 1. The molecule has 21 heavy (non-hydrogen) atoms. The van der Waals surface area contributed by atoms with E-state index in [4.69, 9.17) is 5.11 Å². The van der Waals surface area contributed by atoms with Gasteiger partial charge >= 0.3 is 0 Å². The number of sulfonamides is 1. The number of hydrogen-bond acceptors (Lipinski definition) is 4. The number of nitrogens with one attached hydrogen (secondary N) is 1. The first kappa shape index (κ1) is 16.2. The number of hydrogen-bond donors (Lipinski definition) is 2. The summed E-state index contributed by atoms with van der Waals surface area (Å²) in [4.78, 5) is 2.22. The predicted octanol–water partition coefficient (Wildman–Crippen LogP) is 2.48. The minimum Gasteiger partial charge on any atom is -0.392 e. The molecule has 0 radical (unpaired) electrons. The van der Waals surface area contributed by atoms with Crippen molar-refractivity contribution in [3.63, 3.8) is 0 Å². The molecule has 0 aliphatic heterocycles. The van der Waals surface area contributed by atoms with Crippen LogP contribution < -0.4 is 4.72 Å². The van der Waals surface area contributed by atoms with E-state index < -0.39 is 10.0 Å². The lowest BCUT2D eigenvalue weighted by molar-refractivity contribution is 0.282. The number of aliphatic hydroxyl groups is 1. The highest BCUT2D eigenvalue weighted by atomic mass is 32.2. The van der Waals surface area contributed by atoms with Gasteiger partial charge in [0.05, 0.1) is 12.4 Å². The van der Waals surface area contributed by atoms with Gasteiger partial charge in [-0.25, -0.2) is 13.1 Å². The highest BCUT2D eigenvalue weighted by Crippen LogP contribution is 2.20. The molecule has 4 nitrogen and oxygen atoms in total. The van der Waals surface area contributed by atoms with Gasteiger partial charge in [-0.1, -0.05) is 24.3 Å². The lowest BCUT2D eigenvalue weighted by Crippen LogP contribution is -2.24. The molecule has 114 valence electrons. The Bertz CT molecular complexity index is 701. The van der Waals surface area contributed by atoms with Crippen molar-refractivity contribution in [1.82, 2.24) is 4.72 Å². The summed E-state index contributed by atoms with van der Waals surface area (Å²) in [6, 6.07) is 8.98. The van der Waals surface area contributed by atoms with E-state index in [1.54, 1.807) is 35.6 Å².